The van der Waals surface area contributed by atoms with E-state index in [4.69, 9.17) is 4.74 Å². The highest BCUT2D eigenvalue weighted by Crippen LogP contribution is 2.36. The molecule has 0 spiro atoms. The van der Waals surface area contributed by atoms with Gasteiger partial charge in [0.1, 0.15) is 6.10 Å². The smallest absolute Gasteiger partial charge is 0.407 e. The van der Waals surface area contributed by atoms with E-state index in [1.54, 1.807) is 0 Å². The van der Waals surface area contributed by atoms with E-state index in [1.807, 2.05) is 38.1 Å². The van der Waals surface area contributed by atoms with Gasteiger partial charge in [-0.25, -0.2) is 13.2 Å². The first-order valence-electron chi connectivity index (χ1n) is 9.89. The highest BCUT2D eigenvalue weighted by molar-refractivity contribution is 7.90. The quantitative estimate of drug-likeness (QED) is 0.686. The van der Waals surface area contributed by atoms with Crippen molar-refractivity contribution in [1.29, 1.82) is 0 Å². The third-order valence-corrected chi connectivity index (χ3v) is 6.83. The Morgan fingerprint density at radius 1 is 1.21 bits per heavy atom. The van der Waals surface area contributed by atoms with Gasteiger partial charge in [0.25, 0.3) is 0 Å². The number of alkyl carbamates (subject to hydrolysis) is 1. The number of hydrogen-bond acceptors (Lipinski definition) is 6. The lowest BCUT2D eigenvalue weighted by Crippen LogP contribution is -2.33. The average Bonchev–Trinajstić information content (AvgIpc) is 3.31. The Kier molecular flexibility index (Phi) is 5.24. The van der Waals surface area contributed by atoms with Crippen molar-refractivity contribution in [3.63, 3.8) is 0 Å². The molecule has 1 aliphatic heterocycles. The number of sulfone groups is 1. The fraction of sp³-hybridized carbons (Fsp3) is 0.500. The third kappa shape index (κ3) is 4.72. The second-order valence-corrected chi connectivity index (χ2v) is 10.3. The predicted molar refractivity (Wildman–Crippen MR) is 110 cm³/mol. The SMILES string of the molecule is CC(C)NC(=O)O[C@H]1CC[C@@H](c2cc(Nc3ccc4c(c3)CS(=O)(=O)C4)n[nH]2)C1. The number of anilines is 2. The molecule has 2 aliphatic rings. The molecule has 9 heteroatoms. The number of H-pyrrole nitrogens is 1. The van der Waals surface area contributed by atoms with E-state index < -0.39 is 9.84 Å². The molecule has 1 amide bonds. The van der Waals surface area contributed by atoms with Crippen LogP contribution in [0.5, 0.6) is 0 Å². The lowest BCUT2D eigenvalue weighted by Gasteiger charge is -2.14. The van der Waals surface area contributed by atoms with E-state index in [2.05, 4.69) is 20.8 Å². The second kappa shape index (κ2) is 7.70. The van der Waals surface area contributed by atoms with Gasteiger partial charge in [-0.1, -0.05) is 6.07 Å². The molecule has 29 heavy (non-hydrogen) atoms. The molecule has 1 aromatic heterocycles. The van der Waals surface area contributed by atoms with Gasteiger partial charge in [-0.15, -0.1) is 0 Å². The number of carbonyl (C=O) groups excluding carboxylic acids is 1. The molecular weight excluding hydrogens is 392 g/mol. The molecule has 1 saturated carbocycles. The molecule has 0 radical (unpaired) electrons. The molecule has 4 rings (SSSR count). The van der Waals surface area contributed by atoms with Crippen molar-refractivity contribution in [2.45, 2.75) is 62.7 Å². The van der Waals surface area contributed by atoms with Crippen molar-refractivity contribution in [2.75, 3.05) is 5.32 Å². The topological polar surface area (TPSA) is 113 Å². The summed E-state index contributed by atoms with van der Waals surface area (Å²) >= 11 is 0. The standard InChI is InChI=1S/C20H26N4O4S/c1-12(2)21-20(25)28-17-6-4-13(8-17)18-9-19(24-23-18)22-16-5-3-14-10-29(26,27)11-15(14)7-16/h3,5,7,9,12-13,17H,4,6,8,10-11H2,1-2H3,(H,21,25)(H2,22,23,24)/t13-,17+/m1/s1. The molecule has 0 unspecified atom stereocenters. The number of aromatic amines is 1. The molecular formula is C20H26N4O4S. The average molecular weight is 419 g/mol. The number of benzene rings is 1. The van der Waals surface area contributed by atoms with E-state index in [-0.39, 0.29) is 35.7 Å². The van der Waals surface area contributed by atoms with Crippen LogP contribution in [0.15, 0.2) is 24.3 Å². The fourth-order valence-electron chi connectivity index (χ4n) is 4.01. The van der Waals surface area contributed by atoms with Crippen LogP contribution in [0.4, 0.5) is 16.3 Å². The number of carbonyl (C=O) groups is 1. The van der Waals surface area contributed by atoms with E-state index >= 15 is 0 Å². The lowest BCUT2D eigenvalue weighted by molar-refractivity contribution is 0.0981. The summed E-state index contributed by atoms with van der Waals surface area (Å²) < 4.78 is 29.0. The highest BCUT2D eigenvalue weighted by atomic mass is 32.2. The summed E-state index contributed by atoms with van der Waals surface area (Å²) in [6.07, 6.45) is 2.08. The van der Waals surface area contributed by atoms with Crippen molar-refractivity contribution in [3.8, 4) is 0 Å². The molecule has 2 aromatic rings. The monoisotopic (exact) mass is 418 g/mol. The van der Waals surface area contributed by atoms with Gasteiger partial charge in [0, 0.05) is 29.4 Å². The minimum Gasteiger partial charge on any atom is -0.446 e. The molecule has 1 aliphatic carbocycles. The maximum Gasteiger partial charge on any atom is 0.407 e. The molecule has 1 fully saturated rings. The van der Waals surface area contributed by atoms with Crippen LogP contribution in [-0.2, 0) is 26.1 Å². The van der Waals surface area contributed by atoms with Crippen LogP contribution in [0, 0.1) is 0 Å². The summed E-state index contributed by atoms with van der Waals surface area (Å²) in [7, 11) is -3.01. The van der Waals surface area contributed by atoms with E-state index in [0.717, 1.165) is 41.8 Å². The maximum absolute atomic E-state index is 11.8. The first kappa shape index (κ1) is 19.8. The van der Waals surface area contributed by atoms with Crippen LogP contribution in [0.1, 0.15) is 55.8 Å². The van der Waals surface area contributed by atoms with Crippen molar-refractivity contribution in [2.24, 2.45) is 0 Å². The Bertz CT molecular complexity index is 1020. The molecule has 8 nitrogen and oxygen atoms in total. The van der Waals surface area contributed by atoms with Crippen molar-refractivity contribution >= 4 is 27.4 Å². The van der Waals surface area contributed by atoms with Gasteiger partial charge in [-0.05, 0) is 56.4 Å². The summed E-state index contributed by atoms with van der Waals surface area (Å²) in [6.45, 7) is 3.80. The number of nitrogens with zero attached hydrogens (tertiary/aromatic N) is 1. The van der Waals surface area contributed by atoms with Crippen LogP contribution in [0.25, 0.3) is 0 Å². The molecule has 3 N–H and O–H groups in total. The summed E-state index contributed by atoms with van der Waals surface area (Å²) in [5, 5.41) is 13.4. The summed E-state index contributed by atoms with van der Waals surface area (Å²) in [5.41, 5.74) is 3.54. The number of nitrogens with one attached hydrogen (secondary N) is 3. The summed E-state index contributed by atoms with van der Waals surface area (Å²) in [6, 6.07) is 7.63. The zero-order chi connectivity index (χ0) is 20.6. The van der Waals surface area contributed by atoms with Crippen molar-refractivity contribution in [3.05, 3.63) is 41.1 Å². The number of aromatic nitrogens is 2. The fourth-order valence-corrected chi connectivity index (χ4v) is 5.61. The van der Waals surface area contributed by atoms with E-state index in [1.165, 1.54) is 0 Å². The number of rotatable bonds is 5. The molecule has 1 aromatic carbocycles. The minimum atomic E-state index is -3.01. The van der Waals surface area contributed by atoms with Crippen LogP contribution < -0.4 is 10.6 Å². The van der Waals surface area contributed by atoms with Crippen LogP contribution in [-0.4, -0.2) is 36.9 Å². The van der Waals surface area contributed by atoms with Gasteiger partial charge >= 0.3 is 6.09 Å². The largest absolute Gasteiger partial charge is 0.446 e. The first-order valence-corrected chi connectivity index (χ1v) is 11.7. The zero-order valence-electron chi connectivity index (χ0n) is 16.6. The van der Waals surface area contributed by atoms with Gasteiger partial charge in [-0.3, -0.25) is 5.10 Å². The van der Waals surface area contributed by atoms with Gasteiger partial charge in [-0.2, -0.15) is 5.10 Å². The Hall–Kier alpha value is -2.55. The van der Waals surface area contributed by atoms with Gasteiger partial charge in [0.2, 0.25) is 0 Å². The Balaban J connectivity index is 1.36. The van der Waals surface area contributed by atoms with Crippen LogP contribution in [0.3, 0.4) is 0 Å². The molecule has 0 bridgehead atoms. The van der Waals surface area contributed by atoms with Crippen molar-refractivity contribution < 1.29 is 17.9 Å². The minimum absolute atomic E-state index is 0.0558. The normalized spacial score (nSPS) is 22.4. The first-order chi connectivity index (χ1) is 13.8. The third-order valence-electron chi connectivity index (χ3n) is 5.33. The Morgan fingerprint density at radius 3 is 2.79 bits per heavy atom. The van der Waals surface area contributed by atoms with Crippen LogP contribution >= 0.6 is 0 Å². The number of amides is 1. The van der Waals surface area contributed by atoms with Crippen LogP contribution in [0.2, 0.25) is 0 Å². The zero-order valence-corrected chi connectivity index (χ0v) is 17.4. The van der Waals surface area contributed by atoms with Gasteiger partial charge in [0.05, 0.1) is 11.5 Å². The van der Waals surface area contributed by atoms with Gasteiger partial charge in [0.15, 0.2) is 15.7 Å². The Labute approximate surface area is 170 Å². The molecule has 0 saturated heterocycles. The maximum atomic E-state index is 11.8. The summed E-state index contributed by atoms with van der Waals surface area (Å²) in [4.78, 5) is 11.8. The van der Waals surface area contributed by atoms with E-state index in [9.17, 15) is 13.2 Å². The number of hydrogen-bond donors (Lipinski definition) is 3. The second-order valence-electron chi connectivity index (χ2n) is 8.19. The van der Waals surface area contributed by atoms with Gasteiger partial charge < -0.3 is 15.4 Å². The number of ether oxygens (including phenoxy) is 1. The number of fused-ring (bicyclic) bond motifs is 1. The molecule has 2 heterocycles. The predicted octanol–water partition coefficient (Wildman–Crippen LogP) is 3.35. The van der Waals surface area contributed by atoms with E-state index in [0.29, 0.717) is 5.82 Å². The van der Waals surface area contributed by atoms with Crippen molar-refractivity contribution in [1.82, 2.24) is 15.5 Å². The Morgan fingerprint density at radius 2 is 2.00 bits per heavy atom. The molecule has 156 valence electrons. The highest BCUT2D eigenvalue weighted by Gasteiger charge is 2.30. The lowest BCUT2D eigenvalue weighted by atomic mass is 10.0. The summed E-state index contributed by atoms with van der Waals surface area (Å²) in [5.74, 6) is 1.16. The molecule has 2 atom stereocenters.